The number of hydrogen-bond donors (Lipinski definition) is 1. The fraction of sp³-hybridized carbons (Fsp3) is 0.286. The molecule has 2 atom stereocenters. The summed E-state index contributed by atoms with van der Waals surface area (Å²) in [6.45, 7) is 6.27. The molecule has 0 heterocycles. The molecule has 164 valence electrons. The van der Waals surface area contributed by atoms with Gasteiger partial charge in [0.1, 0.15) is 6.10 Å². The van der Waals surface area contributed by atoms with Crippen LogP contribution in [0.4, 0.5) is 8.92 Å². The molecule has 0 bridgehead atoms. The van der Waals surface area contributed by atoms with Crippen LogP contribution in [0.2, 0.25) is 0 Å². The summed E-state index contributed by atoms with van der Waals surface area (Å²) in [5.41, 5.74) is -0.0849. The number of benzene rings is 2. The molecule has 9 heteroatoms. The molecule has 0 aliphatic carbocycles. The second kappa shape index (κ2) is 12.5. The molecule has 0 aliphatic heterocycles. The van der Waals surface area contributed by atoms with Crippen molar-refractivity contribution < 1.29 is 31.3 Å². The highest BCUT2D eigenvalue weighted by molar-refractivity contribution is 7.87. The van der Waals surface area contributed by atoms with Crippen LogP contribution in [-0.4, -0.2) is 26.0 Å². The quantitative estimate of drug-likeness (QED) is 0.324. The van der Waals surface area contributed by atoms with E-state index in [-0.39, 0.29) is 12.0 Å². The standard InChI is InChI=1S/C12H10S.C9H14F2O5S/c13-12-9-5-4-8-11(12)10-6-2-1-3-7-10;1-4-7(15-9(12)6(2)3)5-8(10)17(13,14)16-11/h1-9,13H;7-8H,2,4-5H2,1,3H3. The molecular weight excluding hydrogens is 434 g/mol. The van der Waals surface area contributed by atoms with Gasteiger partial charge in [0.2, 0.25) is 5.50 Å². The summed E-state index contributed by atoms with van der Waals surface area (Å²) in [6.07, 6.45) is -1.50. The summed E-state index contributed by atoms with van der Waals surface area (Å²) >= 11 is 4.41. The van der Waals surface area contributed by atoms with Crippen molar-refractivity contribution in [3.63, 3.8) is 0 Å². The van der Waals surface area contributed by atoms with E-state index in [1.54, 1.807) is 6.92 Å². The van der Waals surface area contributed by atoms with Gasteiger partial charge in [-0.2, -0.15) is 8.42 Å². The molecular formula is C21H24F2O5S2. The molecule has 0 aliphatic rings. The zero-order valence-electron chi connectivity index (χ0n) is 16.6. The van der Waals surface area contributed by atoms with Crippen LogP contribution >= 0.6 is 12.6 Å². The SMILES string of the molecule is C=C(C)C(=O)OC(CC)CC(F)S(=O)(=O)OF.Sc1ccccc1-c1ccccc1. The van der Waals surface area contributed by atoms with E-state index < -0.39 is 34.1 Å². The van der Waals surface area contributed by atoms with Crippen molar-refractivity contribution in [3.8, 4) is 11.1 Å². The highest BCUT2D eigenvalue weighted by Crippen LogP contribution is 2.25. The molecule has 0 amide bonds. The van der Waals surface area contributed by atoms with Crippen LogP contribution in [0.1, 0.15) is 26.7 Å². The Morgan fingerprint density at radius 3 is 2.20 bits per heavy atom. The fourth-order valence-corrected chi connectivity index (χ4v) is 3.07. The zero-order valence-corrected chi connectivity index (χ0v) is 18.3. The maximum atomic E-state index is 13.1. The first kappa shape index (κ1) is 25.8. The largest absolute Gasteiger partial charge is 0.459 e. The van der Waals surface area contributed by atoms with Crippen molar-refractivity contribution in [1.29, 1.82) is 0 Å². The Hall–Kier alpha value is -2.23. The summed E-state index contributed by atoms with van der Waals surface area (Å²) in [7, 11) is -4.91. The van der Waals surface area contributed by atoms with Gasteiger partial charge in [0.15, 0.2) is 0 Å². The molecule has 0 aromatic heterocycles. The van der Waals surface area contributed by atoms with Gasteiger partial charge in [-0.1, -0.05) is 66.4 Å². The maximum Gasteiger partial charge on any atom is 0.333 e. The summed E-state index contributed by atoms with van der Waals surface area (Å²) in [5.74, 6) is -0.761. The Bertz CT molecular complexity index is 933. The lowest BCUT2D eigenvalue weighted by molar-refractivity contribution is -0.145. The lowest BCUT2D eigenvalue weighted by Gasteiger charge is -2.17. The van der Waals surface area contributed by atoms with E-state index in [2.05, 4.69) is 41.8 Å². The normalized spacial score (nSPS) is 12.8. The van der Waals surface area contributed by atoms with Crippen LogP contribution in [-0.2, 0) is 24.0 Å². The maximum absolute atomic E-state index is 13.1. The molecule has 0 saturated carbocycles. The fourth-order valence-electron chi connectivity index (χ4n) is 2.25. The number of carbonyl (C=O) groups excluding carboxylic acids is 1. The van der Waals surface area contributed by atoms with Crippen molar-refractivity contribution in [1.82, 2.24) is 0 Å². The van der Waals surface area contributed by atoms with Gasteiger partial charge >= 0.3 is 16.1 Å². The van der Waals surface area contributed by atoms with Crippen molar-refractivity contribution in [3.05, 3.63) is 66.7 Å². The summed E-state index contributed by atoms with van der Waals surface area (Å²) < 4.78 is 53.2. The molecule has 2 rings (SSSR count). The predicted octanol–water partition coefficient (Wildman–Crippen LogP) is 5.44. The topological polar surface area (TPSA) is 69.7 Å². The van der Waals surface area contributed by atoms with Crippen LogP contribution in [0.3, 0.4) is 0 Å². The molecule has 2 unspecified atom stereocenters. The lowest BCUT2D eigenvalue weighted by Crippen LogP contribution is -2.26. The number of thiol groups is 1. The lowest BCUT2D eigenvalue weighted by atomic mass is 10.1. The molecule has 0 saturated heterocycles. The highest BCUT2D eigenvalue weighted by atomic mass is 32.2. The molecule has 0 spiro atoms. The molecule has 30 heavy (non-hydrogen) atoms. The van der Waals surface area contributed by atoms with Crippen molar-refractivity contribution in [2.45, 2.75) is 43.2 Å². The van der Waals surface area contributed by atoms with Gasteiger partial charge in [-0.25, -0.2) is 9.18 Å². The van der Waals surface area contributed by atoms with Crippen LogP contribution < -0.4 is 0 Å². The Morgan fingerprint density at radius 1 is 1.13 bits per heavy atom. The van der Waals surface area contributed by atoms with Crippen LogP contribution in [0.15, 0.2) is 71.6 Å². The summed E-state index contributed by atoms with van der Waals surface area (Å²) in [6, 6.07) is 18.4. The first-order valence-corrected chi connectivity index (χ1v) is 10.9. The van der Waals surface area contributed by atoms with Crippen molar-refractivity contribution >= 4 is 28.7 Å². The number of ether oxygens (including phenoxy) is 1. The van der Waals surface area contributed by atoms with E-state index >= 15 is 0 Å². The van der Waals surface area contributed by atoms with Gasteiger partial charge in [-0.3, -0.25) is 0 Å². The number of rotatable bonds is 8. The van der Waals surface area contributed by atoms with Crippen LogP contribution in [0, 0.1) is 0 Å². The smallest absolute Gasteiger partial charge is 0.333 e. The molecule has 2 aromatic rings. The van der Waals surface area contributed by atoms with Crippen molar-refractivity contribution in [2.75, 3.05) is 0 Å². The highest BCUT2D eigenvalue weighted by Gasteiger charge is 2.31. The van der Waals surface area contributed by atoms with Gasteiger partial charge in [0, 0.05) is 16.9 Å². The van der Waals surface area contributed by atoms with E-state index in [1.807, 2.05) is 36.4 Å². The van der Waals surface area contributed by atoms with E-state index in [9.17, 15) is 22.1 Å². The van der Waals surface area contributed by atoms with Crippen molar-refractivity contribution in [2.24, 2.45) is 0 Å². The molecule has 0 fully saturated rings. The number of carbonyl (C=O) groups is 1. The monoisotopic (exact) mass is 458 g/mol. The molecule has 2 aromatic carbocycles. The first-order valence-electron chi connectivity index (χ1n) is 9.00. The average Bonchev–Trinajstić information content (AvgIpc) is 2.74. The van der Waals surface area contributed by atoms with Gasteiger partial charge < -0.3 is 4.74 Å². The van der Waals surface area contributed by atoms with Gasteiger partial charge in [0.25, 0.3) is 0 Å². The van der Waals surface area contributed by atoms with E-state index in [4.69, 9.17) is 4.74 Å². The minimum absolute atomic E-state index is 0.100. The zero-order chi connectivity index (χ0) is 22.7. The first-order chi connectivity index (χ1) is 14.1. The van der Waals surface area contributed by atoms with E-state index in [1.165, 1.54) is 18.1 Å². The Kier molecular flexibility index (Phi) is 10.7. The molecule has 0 radical (unpaired) electrons. The Balaban J connectivity index is 0.000000308. The molecule has 5 nitrogen and oxygen atoms in total. The van der Waals surface area contributed by atoms with Crippen LogP contribution in [0.25, 0.3) is 11.1 Å². The van der Waals surface area contributed by atoms with Gasteiger partial charge in [-0.05, 0) is 35.1 Å². The van der Waals surface area contributed by atoms with E-state index in [0.29, 0.717) is 0 Å². The van der Waals surface area contributed by atoms with Crippen LogP contribution in [0.5, 0.6) is 0 Å². The second-order valence-electron chi connectivity index (χ2n) is 6.30. The third-order valence-electron chi connectivity index (χ3n) is 3.92. The summed E-state index contributed by atoms with van der Waals surface area (Å²) in [4.78, 5) is 12.1. The number of alkyl halides is 1. The van der Waals surface area contributed by atoms with E-state index in [0.717, 1.165) is 4.90 Å². The number of hydrogen-bond acceptors (Lipinski definition) is 6. The number of halogens is 2. The minimum atomic E-state index is -4.91. The summed E-state index contributed by atoms with van der Waals surface area (Å²) in [5, 5.41) is 0. The number of esters is 1. The molecule has 0 N–H and O–H groups in total. The van der Waals surface area contributed by atoms with Gasteiger partial charge in [0.05, 0.1) is 0 Å². The van der Waals surface area contributed by atoms with Gasteiger partial charge in [-0.15, -0.1) is 12.6 Å². The predicted molar refractivity (Wildman–Crippen MR) is 115 cm³/mol. The average molecular weight is 459 g/mol. The second-order valence-corrected chi connectivity index (χ2v) is 8.41. The third kappa shape index (κ3) is 8.25. The minimum Gasteiger partial charge on any atom is -0.459 e. The Morgan fingerprint density at radius 2 is 1.70 bits per heavy atom. The Labute approximate surface area is 181 Å². The third-order valence-corrected chi connectivity index (χ3v) is 5.30.